The predicted molar refractivity (Wildman–Crippen MR) is 117 cm³/mol. The van der Waals surface area contributed by atoms with Crippen LogP contribution < -0.4 is 10.2 Å². The Morgan fingerprint density at radius 3 is 2.43 bits per heavy atom. The molecule has 2 heterocycles. The van der Waals surface area contributed by atoms with Crippen molar-refractivity contribution in [3.63, 3.8) is 0 Å². The number of rotatable bonds is 4. The molecule has 30 heavy (non-hydrogen) atoms. The summed E-state index contributed by atoms with van der Waals surface area (Å²) in [6.07, 6.45) is 1.78. The molecule has 3 aromatic rings. The van der Waals surface area contributed by atoms with Gasteiger partial charge in [-0.15, -0.1) is 10.2 Å². The highest BCUT2D eigenvalue weighted by Gasteiger charge is 2.27. The molecular formula is C24H25FN4O. The number of hydrogen-bond donors (Lipinski definition) is 1. The van der Waals surface area contributed by atoms with Crippen LogP contribution in [-0.4, -0.2) is 29.2 Å². The molecule has 1 aliphatic rings. The predicted octanol–water partition coefficient (Wildman–Crippen LogP) is 4.75. The van der Waals surface area contributed by atoms with Crippen LogP contribution in [0.3, 0.4) is 0 Å². The van der Waals surface area contributed by atoms with E-state index in [4.69, 9.17) is 0 Å². The van der Waals surface area contributed by atoms with Gasteiger partial charge in [-0.25, -0.2) is 4.39 Å². The van der Waals surface area contributed by atoms with Crippen LogP contribution in [0.15, 0.2) is 54.6 Å². The Balaban J connectivity index is 1.43. The maximum atomic E-state index is 13.1. The first-order valence-corrected chi connectivity index (χ1v) is 10.2. The normalized spacial score (nSPS) is 16.4. The third-order valence-electron chi connectivity index (χ3n) is 5.40. The molecule has 0 saturated carbocycles. The van der Waals surface area contributed by atoms with Crippen molar-refractivity contribution < 1.29 is 9.18 Å². The molecule has 1 aliphatic heterocycles. The van der Waals surface area contributed by atoms with Crippen LogP contribution in [0.2, 0.25) is 0 Å². The summed E-state index contributed by atoms with van der Waals surface area (Å²) in [6.45, 7) is 5.51. The Labute approximate surface area is 176 Å². The molecule has 0 bridgehead atoms. The topological polar surface area (TPSA) is 58.1 Å². The monoisotopic (exact) mass is 404 g/mol. The number of halogens is 1. The molecular weight excluding hydrogens is 379 g/mol. The van der Waals surface area contributed by atoms with Gasteiger partial charge in [-0.3, -0.25) is 4.79 Å². The van der Waals surface area contributed by atoms with Gasteiger partial charge in [-0.05, 0) is 86.3 Å². The van der Waals surface area contributed by atoms with Gasteiger partial charge < -0.3 is 10.2 Å². The molecule has 1 unspecified atom stereocenters. The Hall–Kier alpha value is -3.28. The van der Waals surface area contributed by atoms with E-state index in [0.717, 1.165) is 47.6 Å². The number of nitrogens with one attached hydrogen (secondary N) is 1. The summed E-state index contributed by atoms with van der Waals surface area (Å²) in [5, 5.41) is 11.7. The average Bonchev–Trinajstić information content (AvgIpc) is 2.74. The molecule has 1 aromatic heterocycles. The lowest BCUT2D eigenvalue weighted by Crippen LogP contribution is -2.41. The molecule has 1 fully saturated rings. The second-order valence-corrected chi connectivity index (χ2v) is 7.93. The smallest absolute Gasteiger partial charge is 0.229 e. The fourth-order valence-electron chi connectivity index (χ4n) is 3.96. The van der Waals surface area contributed by atoms with Gasteiger partial charge in [-0.2, -0.15) is 0 Å². The first-order valence-electron chi connectivity index (χ1n) is 10.2. The lowest BCUT2D eigenvalue weighted by molar-refractivity contribution is -0.120. The number of aryl methyl sites for hydroxylation is 2. The summed E-state index contributed by atoms with van der Waals surface area (Å²) in [6, 6.07) is 16.1. The standard InChI is InChI=1S/C24H25FN4O/c1-16-12-17(2)14-21(13-16)26-24(30)19-4-3-11-29(15-19)23-10-9-22(27-28-23)18-5-7-20(25)8-6-18/h5-10,12-14,19H,3-4,11,15H2,1-2H3,(H,26,30). The first kappa shape index (κ1) is 20.0. The summed E-state index contributed by atoms with van der Waals surface area (Å²) in [4.78, 5) is 14.9. The fraction of sp³-hybridized carbons (Fsp3) is 0.292. The number of anilines is 2. The maximum absolute atomic E-state index is 13.1. The third kappa shape index (κ3) is 4.64. The van der Waals surface area contributed by atoms with E-state index in [-0.39, 0.29) is 17.6 Å². The second-order valence-electron chi connectivity index (χ2n) is 7.93. The molecule has 1 amide bonds. The lowest BCUT2D eigenvalue weighted by atomic mass is 9.97. The van der Waals surface area contributed by atoms with E-state index >= 15 is 0 Å². The Morgan fingerprint density at radius 1 is 1.03 bits per heavy atom. The molecule has 6 heteroatoms. The molecule has 154 valence electrons. The molecule has 0 spiro atoms. The minimum Gasteiger partial charge on any atom is -0.354 e. The lowest BCUT2D eigenvalue weighted by Gasteiger charge is -2.32. The van der Waals surface area contributed by atoms with Gasteiger partial charge in [0.2, 0.25) is 5.91 Å². The van der Waals surface area contributed by atoms with Gasteiger partial charge in [-0.1, -0.05) is 6.07 Å². The van der Waals surface area contributed by atoms with Gasteiger partial charge in [0.15, 0.2) is 5.82 Å². The van der Waals surface area contributed by atoms with E-state index in [1.54, 1.807) is 12.1 Å². The maximum Gasteiger partial charge on any atom is 0.229 e. The van der Waals surface area contributed by atoms with E-state index < -0.39 is 0 Å². The van der Waals surface area contributed by atoms with Gasteiger partial charge in [0.1, 0.15) is 5.82 Å². The van der Waals surface area contributed by atoms with Crippen LogP contribution in [0.1, 0.15) is 24.0 Å². The second kappa shape index (κ2) is 8.61. The first-order chi connectivity index (χ1) is 14.5. The van der Waals surface area contributed by atoms with Crippen molar-refractivity contribution in [2.45, 2.75) is 26.7 Å². The highest BCUT2D eigenvalue weighted by Crippen LogP contribution is 2.25. The number of carbonyl (C=O) groups excluding carboxylic acids is 1. The number of piperidine rings is 1. The van der Waals surface area contributed by atoms with E-state index in [2.05, 4.69) is 26.5 Å². The number of nitrogens with zero attached hydrogens (tertiary/aromatic N) is 3. The minimum absolute atomic E-state index is 0.0422. The Kier molecular flexibility index (Phi) is 5.74. The van der Waals surface area contributed by atoms with Crippen molar-refractivity contribution in [1.29, 1.82) is 0 Å². The minimum atomic E-state index is -0.276. The van der Waals surface area contributed by atoms with Crippen LogP contribution in [0, 0.1) is 25.6 Å². The van der Waals surface area contributed by atoms with Crippen LogP contribution >= 0.6 is 0 Å². The number of amides is 1. The van der Waals surface area contributed by atoms with Crippen molar-refractivity contribution in [3.8, 4) is 11.3 Å². The molecule has 1 atom stereocenters. The number of benzene rings is 2. The van der Waals surface area contributed by atoms with Crippen molar-refractivity contribution in [1.82, 2.24) is 10.2 Å². The molecule has 2 aromatic carbocycles. The molecule has 0 radical (unpaired) electrons. The number of carbonyl (C=O) groups is 1. The van der Waals surface area contributed by atoms with Crippen LogP contribution in [0.5, 0.6) is 0 Å². The fourth-order valence-corrected chi connectivity index (χ4v) is 3.96. The van der Waals surface area contributed by atoms with Crippen molar-refractivity contribution in [2.24, 2.45) is 5.92 Å². The van der Waals surface area contributed by atoms with E-state index in [0.29, 0.717) is 12.2 Å². The number of hydrogen-bond acceptors (Lipinski definition) is 4. The van der Waals surface area contributed by atoms with Crippen LogP contribution in [-0.2, 0) is 4.79 Å². The van der Waals surface area contributed by atoms with Crippen LogP contribution in [0.25, 0.3) is 11.3 Å². The SMILES string of the molecule is Cc1cc(C)cc(NC(=O)C2CCCN(c3ccc(-c4ccc(F)cc4)nn3)C2)c1. The highest BCUT2D eigenvalue weighted by atomic mass is 19.1. The zero-order chi connectivity index (χ0) is 21.1. The summed E-state index contributed by atoms with van der Waals surface area (Å²) < 4.78 is 13.1. The van der Waals surface area contributed by atoms with Gasteiger partial charge >= 0.3 is 0 Å². The Bertz CT molecular complexity index is 1010. The van der Waals surface area contributed by atoms with Crippen molar-refractivity contribution in [2.75, 3.05) is 23.3 Å². The van der Waals surface area contributed by atoms with E-state index in [1.165, 1.54) is 12.1 Å². The third-order valence-corrected chi connectivity index (χ3v) is 5.40. The van der Waals surface area contributed by atoms with Gasteiger partial charge in [0, 0.05) is 24.3 Å². The molecule has 4 rings (SSSR count). The summed E-state index contributed by atoms with van der Waals surface area (Å²) >= 11 is 0. The summed E-state index contributed by atoms with van der Waals surface area (Å²) in [5.74, 6) is 0.422. The largest absolute Gasteiger partial charge is 0.354 e. The zero-order valence-corrected chi connectivity index (χ0v) is 17.2. The molecule has 5 nitrogen and oxygen atoms in total. The highest BCUT2D eigenvalue weighted by molar-refractivity contribution is 5.93. The molecule has 1 N–H and O–H groups in total. The van der Waals surface area contributed by atoms with Crippen LogP contribution in [0.4, 0.5) is 15.9 Å². The summed E-state index contributed by atoms with van der Waals surface area (Å²) in [7, 11) is 0. The quantitative estimate of drug-likeness (QED) is 0.681. The zero-order valence-electron chi connectivity index (χ0n) is 17.2. The average molecular weight is 404 g/mol. The molecule has 1 saturated heterocycles. The Morgan fingerprint density at radius 2 is 1.77 bits per heavy atom. The van der Waals surface area contributed by atoms with Gasteiger partial charge in [0.05, 0.1) is 11.6 Å². The van der Waals surface area contributed by atoms with Gasteiger partial charge in [0.25, 0.3) is 0 Å². The molecule has 0 aliphatic carbocycles. The van der Waals surface area contributed by atoms with Crippen molar-refractivity contribution in [3.05, 3.63) is 71.5 Å². The summed E-state index contributed by atoms with van der Waals surface area (Å²) in [5.41, 5.74) is 4.62. The van der Waals surface area contributed by atoms with E-state index in [9.17, 15) is 9.18 Å². The van der Waals surface area contributed by atoms with E-state index in [1.807, 2.05) is 38.1 Å². The number of aromatic nitrogens is 2. The van der Waals surface area contributed by atoms with Crippen molar-refractivity contribution >= 4 is 17.4 Å².